The van der Waals surface area contributed by atoms with Gasteiger partial charge in [0.1, 0.15) is 0 Å². The third-order valence-corrected chi connectivity index (χ3v) is 3.14. The van der Waals surface area contributed by atoms with E-state index < -0.39 is 0 Å². The number of hydrogen-bond donors (Lipinski definition) is 1. The second-order valence-corrected chi connectivity index (χ2v) is 5.37. The summed E-state index contributed by atoms with van der Waals surface area (Å²) in [5, 5.41) is 4.22. The lowest BCUT2D eigenvalue weighted by Gasteiger charge is -2.08. The molecule has 1 aromatic carbocycles. The molecule has 0 saturated carbocycles. The van der Waals surface area contributed by atoms with Crippen molar-refractivity contribution in [2.45, 2.75) is 20.3 Å². The van der Waals surface area contributed by atoms with Crippen LogP contribution in [-0.4, -0.2) is 13.1 Å². The topological polar surface area (TPSA) is 12.0 Å². The minimum Gasteiger partial charge on any atom is -0.316 e. The molecule has 1 rings (SSSR count). The molecule has 0 bridgehead atoms. The quantitative estimate of drug-likeness (QED) is 0.811. The van der Waals surface area contributed by atoms with Crippen molar-refractivity contribution in [3.63, 3.8) is 0 Å². The maximum Gasteiger partial charge on any atom is 0.0409 e. The molecule has 0 spiro atoms. The maximum absolute atomic E-state index is 5.94. The normalized spacial score (nSPS) is 11.0. The van der Waals surface area contributed by atoms with Gasteiger partial charge in [-0.2, -0.15) is 0 Å². The van der Waals surface area contributed by atoms with Crippen LogP contribution in [-0.2, 0) is 6.42 Å². The zero-order valence-corrected chi connectivity index (χ0v) is 11.5. The fourth-order valence-corrected chi connectivity index (χ4v) is 1.99. The molecule has 0 aliphatic heterocycles. The summed E-state index contributed by atoms with van der Waals surface area (Å²) in [7, 11) is 0. The van der Waals surface area contributed by atoms with E-state index in [9.17, 15) is 0 Å². The Morgan fingerprint density at radius 1 is 1.40 bits per heavy atom. The molecular weight excluding hydrogens is 273 g/mol. The van der Waals surface area contributed by atoms with Gasteiger partial charge in [-0.05, 0) is 49.2 Å². The molecule has 0 heterocycles. The second kappa shape index (κ2) is 6.51. The van der Waals surface area contributed by atoms with Crippen molar-refractivity contribution in [2.24, 2.45) is 5.92 Å². The van der Waals surface area contributed by atoms with E-state index in [1.165, 1.54) is 5.56 Å². The number of nitrogens with one attached hydrogen (secondary N) is 1. The predicted octanol–water partition coefficient (Wildman–Crippen LogP) is 3.89. The van der Waals surface area contributed by atoms with E-state index >= 15 is 0 Å². The molecule has 0 fully saturated rings. The summed E-state index contributed by atoms with van der Waals surface area (Å²) in [6.07, 6.45) is 1.01. The SMILES string of the molecule is CC(C)CNCCc1cc(Cl)ccc1Br. The summed E-state index contributed by atoms with van der Waals surface area (Å²) in [6.45, 7) is 6.49. The second-order valence-electron chi connectivity index (χ2n) is 4.08. The highest BCUT2D eigenvalue weighted by atomic mass is 79.9. The molecule has 0 unspecified atom stereocenters. The Morgan fingerprint density at radius 3 is 2.80 bits per heavy atom. The largest absolute Gasteiger partial charge is 0.316 e. The van der Waals surface area contributed by atoms with E-state index in [0.29, 0.717) is 5.92 Å². The smallest absolute Gasteiger partial charge is 0.0409 e. The summed E-state index contributed by atoms with van der Waals surface area (Å²) in [4.78, 5) is 0. The van der Waals surface area contributed by atoms with E-state index in [1.807, 2.05) is 18.2 Å². The first-order valence-electron chi connectivity index (χ1n) is 5.24. The highest BCUT2D eigenvalue weighted by Gasteiger charge is 2.00. The van der Waals surface area contributed by atoms with Crippen molar-refractivity contribution in [1.82, 2.24) is 5.32 Å². The standard InChI is InChI=1S/C12H17BrClN/c1-9(2)8-15-6-5-10-7-11(14)3-4-12(10)13/h3-4,7,9,15H,5-6,8H2,1-2H3. The van der Waals surface area contributed by atoms with Gasteiger partial charge in [-0.15, -0.1) is 0 Å². The summed E-state index contributed by atoms with van der Waals surface area (Å²) in [6, 6.07) is 5.92. The summed E-state index contributed by atoms with van der Waals surface area (Å²) < 4.78 is 1.14. The van der Waals surface area contributed by atoms with Crippen molar-refractivity contribution >= 4 is 27.5 Å². The van der Waals surface area contributed by atoms with Gasteiger partial charge in [0.15, 0.2) is 0 Å². The van der Waals surface area contributed by atoms with Crippen LogP contribution in [0.15, 0.2) is 22.7 Å². The van der Waals surface area contributed by atoms with Gasteiger partial charge in [0.25, 0.3) is 0 Å². The summed E-state index contributed by atoms with van der Waals surface area (Å²) in [5.74, 6) is 0.702. The first kappa shape index (κ1) is 13.0. The predicted molar refractivity (Wildman–Crippen MR) is 70.6 cm³/mol. The lowest BCUT2D eigenvalue weighted by molar-refractivity contribution is 0.554. The van der Waals surface area contributed by atoms with Crippen LogP contribution >= 0.6 is 27.5 Å². The van der Waals surface area contributed by atoms with Gasteiger partial charge in [-0.1, -0.05) is 41.4 Å². The molecule has 15 heavy (non-hydrogen) atoms. The number of halogens is 2. The van der Waals surface area contributed by atoms with Gasteiger partial charge >= 0.3 is 0 Å². The van der Waals surface area contributed by atoms with Crippen molar-refractivity contribution in [3.8, 4) is 0 Å². The Labute approximate surface area is 105 Å². The monoisotopic (exact) mass is 289 g/mol. The number of hydrogen-bond acceptors (Lipinski definition) is 1. The van der Waals surface area contributed by atoms with Crippen molar-refractivity contribution < 1.29 is 0 Å². The minimum atomic E-state index is 0.702. The molecule has 0 atom stereocenters. The van der Waals surface area contributed by atoms with Crippen LogP contribution in [0.4, 0.5) is 0 Å². The highest BCUT2D eigenvalue weighted by molar-refractivity contribution is 9.10. The van der Waals surface area contributed by atoms with Gasteiger partial charge in [0.05, 0.1) is 0 Å². The van der Waals surface area contributed by atoms with Crippen LogP contribution in [0.2, 0.25) is 5.02 Å². The van der Waals surface area contributed by atoms with Gasteiger partial charge in [-0.25, -0.2) is 0 Å². The molecule has 84 valence electrons. The lowest BCUT2D eigenvalue weighted by atomic mass is 10.1. The number of benzene rings is 1. The Kier molecular flexibility index (Phi) is 5.65. The fraction of sp³-hybridized carbons (Fsp3) is 0.500. The maximum atomic E-state index is 5.94. The Balaban J connectivity index is 2.40. The lowest BCUT2D eigenvalue weighted by Crippen LogP contribution is -2.22. The van der Waals surface area contributed by atoms with E-state index in [2.05, 4.69) is 35.1 Å². The zero-order chi connectivity index (χ0) is 11.3. The highest BCUT2D eigenvalue weighted by Crippen LogP contribution is 2.21. The summed E-state index contributed by atoms with van der Waals surface area (Å²) >= 11 is 9.46. The van der Waals surface area contributed by atoms with Gasteiger partial charge in [0, 0.05) is 9.50 Å². The first-order chi connectivity index (χ1) is 7.09. The van der Waals surface area contributed by atoms with Crippen LogP contribution in [0.5, 0.6) is 0 Å². The van der Waals surface area contributed by atoms with E-state index in [1.54, 1.807) is 0 Å². The zero-order valence-electron chi connectivity index (χ0n) is 9.19. The van der Waals surface area contributed by atoms with E-state index in [0.717, 1.165) is 29.0 Å². The molecule has 0 aliphatic rings. The van der Waals surface area contributed by atoms with Crippen molar-refractivity contribution in [2.75, 3.05) is 13.1 Å². The molecular formula is C12H17BrClN. The van der Waals surface area contributed by atoms with E-state index in [-0.39, 0.29) is 0 Å². The fourth-order valence-electron chi connectivity index (χ4n) is 1.35. The molecule has 0 aromatic heterocycles. The molecule has 0 amide bonds. The van der Waals surface area contributed by atoms with E-state index in [4.69, 9.17) is 11.6 Å². The third kappa shape index (κ3) is 5.01. The van der Waals surface area contributed by atoms with Crippen LogP contribution in [0.3, 0.4) is 0 Å². The molecule has 1 N–H and O–H groups in total. The van der Waals surface area contributed by atoms with Crippen LogP contribution in [0.1, 0.15) is 19.4 Å². The van der Waals surface area contributed by atoms with Crippen LogP contribution < -0.4 is 5.32 Å². The molecule has 3 heteroatoms. The molecule has 1 aromatic rings. The Bertz CT molecular complexity index is 312. The van der Waals surface area contributed by atoms with Crippen molar-refractivity contribution in [1.29, 1.82) is 0 Å². The van der Waals surface area contributed by atoms with Gasteiger partial charge < -0.3 is 5.32 Å². The Hall–Kier alpha value is -0.0500. The van der Waals surface area contributed by atoms with Crippen LogP contribution in [0.25, 0.3) is 0 Å². The average molecular weight is 291 g/mol. The first-order valence-corrected chi connectivity index (χ1v) is 6.41. The van der Waals surface area contributed by atoms with Crippen LogP contribution in [0, 0.1) is 5.92 Å². The number of rotatable bonds is 5. The molecule has 1 nitrogen and oxygen atoms in total. The third-order valence-electron chi connectivity index (χ3n) is 2.13. The molecule has 0 saturated heterocycles. The van der Waals surface area contributed by atoms with Gasteiger partial charge in [0.2, 0.25) is 0 Å². The minimum absolute atomic E-state index is 0.702. The molecule has 0 aliphatic carbocycles. The summed E-state index contributed by atoms with van der Waals surface area (Å²) in [5.41, 5.74) is 1.26. The molecule has 0 radical (unpaired) electrons. The average Bonchev–Trinajstić information content (AvgIpc) is 2.17. The Morgan fingerprint density at radius 2 is 2.13 bits per heavy atom. The van der Waals surface area contributed by atoms with Crippen molar-refractivity contribution in [3.05, 3.63) is 33.3 Å². The van der Waals surface area contributed by atoms with Gasteiger partial charge in [-0.3, -0.25) is 0 Å².